The van der Waals surface area contributed by atoms with E-state index in [2.05, 4.69) is 15.2 Å². The van der Waals surface area contributed by atoms with Gasteiger partial charge < -0.3 is 20.4 Å². The number of aromatic nitrogens is 2. The van der Waals surface area contributed by atoms with Gasteiger partial charge in [-0.2, -0.15) is 0 Å². The van der Waals surface area contributed by atoms with Crippen LogP contribution in [-0.2, 0) is 16.1 Å². The molecule has 1 fully saturated rings. The molecule has 1 atom stereocenters. The largest absolute Gasteiger partial charge is 0.346 e. The molecule has 1 saturated heterocycles. The topological polar surface area (TPSA) is 96.0 Å². The van der Waals surface area contributed by atoms with Gasteiger partial charge in [0.05, 0.1) is 18.3 Å². The summed E-state index contributed by atoms with van der Waals surface area (Å²) in [5.41, 5.74) is 7.76. The van der Waals surface area contributed by atoms with E-state index < -0.39 is 6.04 Å². The van der Waals surface area contributed by atoms with E-state index in [0.717, 1.165) is 31.0 Å². The molecule has 0 spiro atoms. The molecule has 2 amide bonds. The number of fused-ring (bicyclic) bond motifs is 1. The lowest BCUT2D eigenvalue weighted by Gasteiger charge is -2.34. The summed E-state index contributed by atoms with van der Waals surface area (Å²) in [6.07, 6.45) is 4.03. The summed E-state index contributed by atoms with van der Waals surface area (Å²) in [4.78, 5) is 32.9. The number of nitrogens with one attached hydrogen (secondary N) is 1. The maximum absolute atomic E-state index is 12.3. The molecule has 0 aliphatic carbocycles. The number of pyridine rings is 1. The second-order valence-electron chi connectivity index (χ2n) is 7.34. The van der Waals surface area contributed by atoms with Crippen molar-refractivity contribution in [2.75, 3.05) is 32.7 Å². The first kappa shape index (κ1) is 19.3. The minimum Gasteiger partial charge on any atom is -0.346 e. The van der Waals surface area contributed by atoms with Gasteiger partial charge in [0.1, 0.15) is 5.65 Å². The van der Waals surface area contributed by atoms with Crippen LogP contribution in [0.3, 0.4) is 0 Å². The molecule has 0 aromatic carbocycles. The lowest BCUT2D eigenvalue weighted by molar-refractivity contribution is -0.134. The monoisotopic (exact) mass is 372 g/mol. The highest BCUT2D eigenvalue weighted by atomic mass is 16.2. The quantitative estimate of drug-likeness (QED) is 0.749. The van der Waals surface area contributed by atoms with E-state index in [0.29, 0.717) is 13.1 Å². The van der Waals surface area contributed by atoms with Gasteiger partial charge in [0, 0.05) is 45.1 Å². The second-order valence-corrected chi connectivity index (χ2v) is 7.34. The second kappa shape index (κ2) is 8.49. The lowest BCUT2D eigenvalue weighted by Crippen LogP contribution is -2.52. The van der Waals surface area contributed by atoms with Crippen molar-refractivity contribution in [2.45, 2.75) is 26.4 Å². The van der Waals surface area contributed by atoms with E-state index in [1.54, 1.807) is 4.90 Å². The third-order valence-electron chi connectivity index (χ3n) is 4.96. The van der Waals surface area contributed by atoms with Gasteiger partial charge in [-0.25, -0.2) is 4.98 Å². The number of amides is 2. The van der Waals surface area contributed by atoms with Gasteiger partial charge in [0.15, 0.2) is 0 Å². The van der Waals surface area contributed by atoms with Crippen molar-refractivity contribution >= 4 is 17.5 Å². The van der Waals surface area contributed by atoms with Crippen molar-refractivity contribution in [3.63, 3.8) is 0 Å². The van der Waals surface area contributed by atoms with Crippen LogP contribution in [0.2, 0.25) is 0 Å². The molecule has 0 saturated carbocycles. The minimum atomic E-state index is -0.583. The van der Waals surface area contributed by atoms with Gasteiger partial charge in [-0.3, -0.25) is 14.5 Å². The number of hydrogen-bond acceptors (Lipinski definition) is 5. The molecule has 0 unspecified atom stereocenters. The van der Waals surface area contributed by atoms with Crippen LogP contribution in [0, 0.1) is 5.92 Å². The number of carbonyl (C=O) groups is 2. The first-order valence-corrected chi connectivity index (χ1v) is 9.40. The molecular weight excluding hydrogens is 344 g/mol. The Morgan fingerprint density at radius 3 is 2.63 bits per heavy atom. The van der Waals surface area contributed by atoms with Gasteiger partial charge in [0.25, 0.3) is 0 Å². The Labute approximate surface area is 159 Å². The van der Waals surface area contributed by atoms with Crippen molar-refractivity contribution in [3.8, 4) is 0 Å². The smallest absolute Gasteiger partial charge is 0.242 e. The maximum Gasteiger partial charge on any atom is 0.242 e. The zero-order valence-corrected chi connectivity index (χ0v) is 16.0. The molecule has 3 rings (SSSR count). The van der Waals surface area contributed by atoms with E-state index in [9.17, 15) is 9.59 Å². The SMILES string of the molecule is CC(C)[C@H](N)C(=O)NCC(=O)N1CCN(Cc2cn3ccccc3n2)CC1. The summed E-state index contributed by atoms with van der Waals surface area (Å²) in [6.45, 7) is 7.42. The third kappa shape index (κ3) is 4.84. The highest BCUT2D eigenvalue weighted by Gasteiger charge is 2.23. The van der Waals surface area contributed by atoms with Crippen LogP contribution < -0.4 is 11.1 Å². The zero-order valence-electron chi connectivity index (χ0n) is 16.0. The van der Waals surface area contributed by atoms with Crippen molar-refractivity contribution in [1.82, 2.24) is 24.5 Å². The fraction of sp³-hybridized carbons (Fsp3) is 0.526. The van der Waals surface area contributed by atoms with E-state index >= 15 is 0 Å². The number of nitrogens with zero attached hydrogens (tertiary/aromatic N) is 4. The first-order valence-electron chi connectivity index (χ1n) is 9.40. The van der Waals surface area contributed by atoms with E-state index in [-0.39, 0.29) is 24.3 Å². The standard InChI is InChI=1S/C19H28N6O2/c1-14(2)18(20)19(27)21-11-17(26)24-9-7-23(8-10-24)12-15-13-25-6-4-3-5-16(25)22-15/h3-6,13-14,18H,7-12,20H2,1-2H3,(H,21,27)/t18-/m0/s1. The summed E-state index contributed by atoms with van der Waals surface area (Å²) < 4.78 is 2.01. The van der Waals surface area contributed by atoms with Crippen LogP contribution in [0.25, 0.3) is 5.65 Å². The Hall–Kier alpha value is -2.45. The van der Waals surface area contributed by atoms with Crippen LogP contribution in [0.4, 0.5) is 0 Å². The molecule has 146 valence electrons. The molecular formula is C19H28N6O2. The number of rotatable bonds is 6. The van der Waals surface area contributed by atoms with E-state index in [4.69, 9.17) is 5.73 Å². The van der Waals surface area contributed by atoms with Crippen LogP contribution in [0.5, 0.6) is 0 Å². The van der Waals surface area contributed by atoms with Crippen LogP contribution in [-0.4, -0.2) is 69.8 Å². The Balaban J connectivity index is 1.44. The molecule has 0 radical (unpaired) electrons. The molecule has 8 heteroatoms. The van der Waals surface area contributed by atoms with Crippen molar-refractivity contribution in [3.05, 3.63) is 36.3 Å². The van der Waals surface area contributed by atoms with Gasteiger partial charge in [-0.1, -0.05) is 19.9 Å². The van der Waals surface area contributed by atoms with Crippen LogP contribution in [0.1, 0.15) is 19.5 Å². The summed E-state index contributed by atoms with van der Waals surface area (Å²) in [7, 11) is 0. The lowest BCUT2D eigenvalue weighted by atomic mass is 10.1. The van der Waals surface area contributed by atoms with Gasteiger partial charge >= 0.3 is 0 Å². The summed E-state index contributed by atoms with van der Waals surface area (Å²) in [5, 5.41) is 2.65. The van der Waals surface area contributed by atoms with E-state index in [1.807, 2.05) is 48.8 Å². The number of nitrogens with two attached hydrogens (primary N) is 1. The third-order valence-corrected chi connectivity index (χ3v) is 4.96. The molecule has 8 nitrogen and oxygen atoms in total. The number of hydrogen-bond donors (Lipinski definition) is 2. The fourth-order valence-electron chi connectivity index (χ4n) is 3.14. The Morgan fingerprint density at radius 1 is 1.22 bits per heavy atom. The number of imidazole rings is 1. The van der Waals surface area contributed by atoms with Crippen LogP contribution >= 0.6 is 0 Å². The molecule has 27 heavy (non-hydrogen) atoms. The van der Waals surface area contributed by atoms with Gasteiger partial charge in [-0.05, 0) is 18.1 Å². The Bertz CT molecular complexity index is 761. The Kier molecular flexibility index (Phi) is 6.08. The predicted molar refractivity (Wildman–Crippen MR) is 103 cm³/mol. The average Bonchev–Trinajstić information content (AvgIpc) is 3.07. The molecule has 1 aliphatic rings. The summed E-state index contributed by atoms with van der Waals surface area (Å²) in [6, 6.07) is 5.36. The number of carbonyl (C=O) groups excluding carboxylic acids is 2. The molecule has 0 bridgehead atoms. The Morgan fingerprint density at radius 2 is 1.96 bits per heavy atom. The molecule has 2 aromatic heterocycles. The highest BCUT2D eigenvalue weighted by Crippen LogP contribution is 2.10. The summed E-state index contributed by atoms with van der Waals surface area (Å²) in [5.74, 6) is -0.293. The first-order chi connectivity index (χ1) is 12.9. The van der Waals surface area contributed by atoms with Crippen molar-refractivity contribution in [2.24, 2.45) is 11.7 Å². The predicted octanol–water partition coefficient (Wildman–Crippen LogP) is 0.0780. The van der Waals surface area contributed by atoms with Gasteiger partial charge in [0.2, 0.25) is 11.8 Å². The fourth-order valence-corrected chi connectivity index (χ4v) is 3.14. The molecule has 2 aromatic rings. The minimum absolute atomic E-state index is 0.00564. The molecule has 3 heterocycles. The van der Waals surface area contributed by atoms with Crippen molar-refractivity contribution < 1.29 is 9.59 Å². The molecule has 3 N–H and O–H groups in total. The number of piperazine rings is 1. The zero-order chi connectivity index (χ0) is 19.4. The van der Waals surface area contributed by atoms with Crippen LogP contribution in [0.15, 0.2) is 30.6 Å². The average molecular weight is 372 g/mol. The van der Waals surface area contributed by atoms with E-state index in [1.165, 1.54) is 0 Å². The maximum atomic E-state index is 12.3. The van der Waals surface area contributed by atoms with Gasteiger partial charge in [-0.15, -0.1) is 0 Å². The van der Waals surface area contributed by atoms with Crippen molar-refractivity contribution in [1.29, 1.82) is 0 Å². The normalized spacial score (nSPS) is 16.7. The molecule has 1 aliphatic heterocycles. The summed E-state index contributed by atoms with van der Waals surface area (Å²) >= 11 is 0. The highest BCUT2D eigenvalue weighted by molar-refractivity contribution is 5.87.